The van der Waals surface area contributed by atoms with Gasteiger partial charge >= 0.3 is 5.97 Å². The van der Waals surface area contributed by atoms with E-state index in [9.17, 15) is 27.5 Å². The molecule has 30 heavy (non-hydrogen) atoms. The monoisotopic (exact) mass is 434 g/mol. The summed E-state index contributed by atoms with van der Waals surface area (Å²) in [6.07, 6.45) is 0.730. The highest BCUT2D eigenvalue weighted by Crippen LogP contribution is 2.24. The number of hydrogen-bond acceptors (Lipinski definition) is 4. The molecule has 2 aromatic rings. The molecule has 0 unspecified atom stereocenters. The van der Waals surface area contributed by atoms with Crippen molar-refractivity contribution >= 4 is 21.9 Å². The third-order valence-corrected chi connectivity index (χ3v) is 7.09. The number of amides is 1. The van der Waals surface area contributed by atoms with Gasteiger partial charge in [-0.2, -0.15) is 4.31 Å². The van der Waals surface area contributed by atoms with Gasteiger partial charge in [-0.05, 0) is 42.7 Å². The number of carboxylic acid groups (broad SMARTS) is 1. The number of aliphatic carboxylic acids is 1. The molecular weight excluding hydrogens is 411 g/mol. The fourth-order valence-electron chi connectivity index (χ4n) is 3.45. The topological polar surface area (TPSA) is 104 Å². The maximum Gasteiger partial charge on any atom is 0.326 e. The number of carbonyl (C=O) groups excluding carboxylic acids is 1. The van der Waals surface area contributed by atoms with Gasteiger partial charge in [0.05, 0.1) is 4.90 Å². The quantitative estimate of drug-likeness (QED) is 0.694. The molecule has 1 aliphatic heterocycles. The minimum atomic E-state index is -3.76. The largest absolute Gasteiger partial charge is 0.480 e. The van der Waals surface area contributed by atoms with E-state index >= 15 is 0 Å². The van der Waals surface area contributed by atoms with Gasteiger partial charge in [0, 0.05) is 25.4 Å². The van der Waals surface area contributed by atoms with Crippen molar-refractivity contribution in [2.45, 2.75) is 30.2 Å². The molecule has 1 fully saturated rings. The first-order valence-corrected chi connectivity index (χ1v) is 11.0. The average Bonchev–Trinajstić information content (AvgIpc) is 2.74. The summed E-state index contributed by atoms with van der Waals surface area (Å²) < 4.78 is 39.7. The maximum absolute atomic E-state index is 13.1. The van der Waals surface area contributed by atoms with Crippen molar-refractivity contribution in [3.63, 3.8) is 0 Å². The molecule has 160 valence electrons. The van der Waals surface area contributed by atoms with E-state index in [4.69, 9.17) is 0 Å². The van der Waals surface area contributed by atoms with Gasteiger partial charge < -0.3 is 10.4 Å². The lowest BCUT2D eigenvalue weighted by Crippen LogP contribution is -2.48. The van der Waals surface area contributed by atoms with E-state index in [1.54, 1.807) is 24.3 Å². The molecule has 1 heterocycles. The van der Waals surface area contributed by atoms with Gasteiger partial charge in [0.1, 0.15) is 11.9 Å². The number of carbonyl (C=O) groups is 2. The van der Waals surface area contributed by atoms with E-state index in [2.05, 4.69) is 5.32 Å². The van der Waals surface area contributed by atoms with E-state index in [1.165, 1.54) is 16.4 Å². The van der Waals surface area contributed by atoms with Crippen molar-refractivity contribution in [3.8, 4) is 0 Å². The van der Waals surface area contributed by atoms with Crippen LogP contribution in [0.25, 0.3) is 0 Å². The third-order valence-electron chi connectivity index (χ3n) is 5.17. The number of carboxylic acids is 1. The lowest BCUT2D eigenvalue weighted by Gasteiger charge is -2.31. The van der Waals surface area contributed by atoms with Gasteiger partial charge in [-0.3, -0.25) is 4.79 Å². The Kier molecular flexibility index (Phi) is 6.84. The SMILES string of the molecule is O=C(N[C@H](Cc1ccccc1)C(=O)O)C1CCN(S(=O)(=O)c2ccc(F)cc2)CC1. The lowest BCUT2D eigenvalue weighted by molar-refractivity contribution is -0.142. The van der Waals surface area contributed by atoms with Crippen molar-refractivity contribution in [1.29, 1.82) is 0 Å². The molecule has 0 saturated carbocycles. The molecular formula is C21H23FN2O5S. The normalized spacial score (nSPS) is 16.7. The lowest BCUT2D eigenvalue weighted by atomic mass is 9.96. The summed E-state index contributed by atoms with van der Waals surface area (Å²) in [5.74, 6) is -2.50. The molecule has 1 aliphatic rings. The molecule has 2 N–H and O–H groups in total. The molecule has 0 aliphatic carbocycles. The fourth-order valence-corrected chi connectivity index (χ4v) is 4.92. The van der Waals surface area contributed by atoms with E-state index in [-0.39, 0.29) is 37.2 Å². The molecule has 7 nitrogen and oxygen atoms in total. The second kappa shape index (κ2) is 9.36. The predicted molar refractivity (Wildman–Crippen MR) is 108 cm³/mol. The van der Waals surface area contributed by atoms with Gasteiger partial charge in [-0.1, -0.05) is 30.3 Å². The first-order chi connectivity index (χ1) is 14.3. The Morgan fingerprint density at radius 3 is 2.23 bits per heavy atom. The molecule has 1 saturated heterocycles. The van der Waals surface area contributed by atoms with Crippen molar-refractivity contribution in [2.75, 3.05) is 13.1 Å². The molecule has 0 bridgehead atoms. The van der Waals surface area contributed by atoms with E-state index in [1.807, 2.05) is 6.07 Å². The van der Waals surface area contributed by atoms with Crippen LogP contribution in [0.15, 0.2) is 59.5 Å². The van der Waals surface area contributed by atoms with Crippen LogP contribution in [0.3, 0.4) is 0 Å². The summed E-state index contributed by atoms with van der Waals surface area (Å²) in [7, 11) is -3.76. The Bertz CT molecular complexity index is 988. The summed E-state index contributed by atoms with van der Waals surface area (Å²) >= 11 is 0. The van der Waals surface area contributed by atoms with E-state index < -0.39 is 39.7 Å². The van der Waals surface area contributed by atoms with Crippen LogP contribution in [-0.2, 0) is 26.0 Å². The molecule has 9 heteroatoms. The minimum Gasteiger partial charge on any atom is -0.480 e. The molecule has 1 amide bonds. The summed E-state index contributed by atoms with van der Waals surface area (Å²) in [6, 6.07) is 12.6. The van der Waals surface area contributed by atoms with Crippen LogP contribution < -0.4 is 5.32 Å². The van der Waals surface area contributed by atoms with Crippen LogP contribution >= 0.6 is 0 Å². The van der Waals surface area contributed by atoms with Gasteiger partial charge in [0.2, 0.25) is 15.9 Å². The number of piperidine rings is 1. The third kappa shape index (κ3) is 5.22. The van der Waals surface area contributed by atoms with E-state index in [0.29, 0.717) is 0 Å². The Morgan fingerprint density at radius 2 is 1.67 bits per heavy atom. The maximum atomic E-state index is 13.1. The van der Waals surface area contributed by atoms with Crippen LogP contribution in [-0.4, -0.2) is 48.8 Å². The van der Waals surface area contributed by atoms with Crippen molar-refractivity contribution in [2.24, 2.45) is 5.92 Å². The van der Waals surface area contributed by atoms with Crippen LogP contribution in [0, 0.1) is 11.7 Å². The van der Waals surface area contributed by atoms with Gasteiger partial charge in [0.25, 0.3) is 0 Å². The number of rotatable bonds is 7. The number of nitrogens with zero attached hydrogens (tertiary/aromatic N) is 1. The first kappa shape index (κ1) is 21.9. The van der Waals surface area contributed by atoms with Crippen molar-refractivity contribution < 1.29 is 27.5 Å². The van der Waals surface area contributed by atoms with Crippen molar-refractivity contribution in [3.05, 3.63) is 66.0 Å². The van der Waals surface area contributed by atoms with E-state index in [0.717, 1.165) is 17.7 Å². The number of sulfonamides is 1. The Balaban J connectivity index is 1.59. The van der Waals surface area contributed by atoms with Crippen LogP contribution in [0.5, 0.6) is 0 Å². The van der Waals surface area contributed by atoms with Gasteiger partial charge in [-0.15, -0.1) is 0 Å². The number of nitrogens with one attached hydrogen (secondary N) is 1. The summed E-state index contributed by atoms with van der Waals surface area (Å²) in [4.78, 5) is 24.1. The zero-order valence-corrected chi connectivity index (χ0v) is 17.0. The predicted octanol–water partition coefficient (Wildman–Crippen LogP) is 2.04. The number of benzene rings is 2. The summed E-state index contributed by atoms with van der Waals surface area (Å²) in [5.41, 5.74) is 0.797. The first-order valence-electron chi connectivity index (χ1n) is 9.60. The molecule has 0 radical (unpaired) electrons. The Morgan fingerprint density at radius 1 is 1.07 bits per heavy atom. The number of hydrogen-bond donors (Lipinski definition) is 2. The highest BCUT2D eigenvalue weighted by Gasteiger charge is 2.33. The van der Waals surface area contributed by atoms with Crippen molar-refractivity contribution in [1.82, 2.24) is 9.62 Å². The molecule has 0 spiro atoms. The molecule has 2 aromatic carbocycles. The Labute approximate surface area is 174 Å². The molecule has 1 atom stereocenters. The minimum absolute atomic E-state index is 0.000559. The zero-order valence-electron chi connectivity index (χ0n) is 16.2. The molecule has 3 rings (SSSR count). The number of halogens is 1. The highest BCUT2D eigenvalue weighted by atomic mass is 32.2. The second-order valence-electron chi connectivity index (χ2n) is 7.22. The highest BCUT2D eigenvalue weighted by molar-refractivity contribution is 7.89. The Hall–Kier alpha value is -2.78. The van der Waals surface area contributed by atoms with Crippen LogP contribution in [0.1, 0.15) is 18.4 Å². The van der Waals surface area contributed by atoms with Crippen LogP contribution in [0.4, 0.5) is 4.39 Å². The summed E-state index contributed by atoms with van der Waals surface area (Å²) in [6.45, 7) is 0.266. The average molecular weight is 434 g/mol. The summed E-state index contributed by atoms with van der Waals surface area (Å²) in [5, 5.41) is 12.0. The van der Waals surface area contributed by atoms with Gasteiger partial charge in [0.15, 0.2) is 0 Å². The zero-order chi connectivity index (χ0) is 21.7. The second-order valence-corrected chi connectivity index (χ2v) is 9.16. The van der Waals surface area contributed by atoms with Crippen LogP contribution in [0.2, 0.25) is 0 Å². The van der Waals surface area contributed by atoms with Gasteiger partial charge in [-0.25, -0.2) is 17.6 Å². The molecule has 0 aromatic heterocycles. The smallest absolute Gasteiger partial charge is 0.326 e. The standard InChI is InChI=1S/C21H23FN2O5S/c22-17-6-8-18(9-7-17)30(28,29)24-12-10-16(11-13-24)20(25)23-19(21(26)27)14-15-4-2-1-3-5-15/h1-9,16,19H,10-14H2,(H,23,25)(H,26,27)/t19-/m1/s1. The fraction of sp³-hybridized carbons (Fsp3) is 0.333.